The molecule has 0 aliphatic carbocycles. The zero-order valence-electron chi connectivity index (χ0n) is 15.7. The van der Waals surface area contributed by atoms with Crippen LogP contribution >= 0.6 is 0 Å². The van der Waals surface area contributed by atoms with Crippen LogP contribution in [0.1, 0.15) is 22.3 Å². The third kappa shape index (κ3) is 3.48. The number of amides is 1. The Morgan fingerprint density at radius 2 is 2.00 bits per heavy atom. The summed E-state index contributed by atoms with van der Waals surface area (Å²) in [5.74, 6) is -0.420. The van der Waals surface area contributed by atoms with Crippen LogP contribution in [0.3, 0.4) is 0 Å². The van der Waals surface area contributed by atoms with E-state index in [9.17, 15) is 14.9 Å². The van der Waals surface area contributed by atoms with Crippen LogP contribution in [-0.2, 0) is 4.79 Å². The highest BCUT2D eigenvalue weighted by molar-refractivity contribution is 6.00. The quantitative estimate of drug-likeness (QED) is 0.558. The van der Waals surface area contributed by atoms with E-state index in [0.717, 1.165) is 22.8 Å². The van der Waals surface area contributed by atoms with Crippen molar-refractivity contribution in [1.82, 2.24) is 9.38 Å². The van der Waals surface area contributed by atoms with Gasteiger partial charge in [-0.25, -0.2) is 0 Å². The van der Waals surface area contributed by atoms with Crippen molar-refractivity contribution in [1.29, 1.82) is 5.26 Å². The highest BCUT2D eigenvalue weighted by Gasteiger charge is 2.17. The Labute approximate surface area is 161 Å². The molecule has 0 saturated heterocycles. The Kier molecular flexibility index (Phi) is 4.96. The van der Waals surface area contributed by atoms with Gasteiger partial charge in [-0.3, -0.25) is 14.0 Å². The molecule has 0 aliphatic rings. The Hall–Kier alpha value is -3.92. The van der Waals surface area contributed by atoms with E-state index in [-0.39, 0.29) is 17.0 Å². The van der Waals surface area contributed by atoms with E-state index < -0.39 is 11.5 Å². The summed E-state index contributed by atoms with van der Waals surface area (Å²) >= 11 is 0. The second-order valence-electron chi connectivity index (χ2n) is 6.43. The molecule has 0 aliphatic heterocycles. The highest BCUT2D eigenvalue weighted by atomic mass is 16.5. The van der Waals surface area contributed by atoms with E-state index >= 15 is 0 Å². The predicted octanol–water partition coefficient (Wildman–Crippen LogP) is 2.80. The summed E-state index contributed by atoms with van der Waals surface area (Å²) in [6.07, 6.45) is 2.68. The van der Waals surface area contributed by atoms with Crippen LogP contribution in [0.2, 0.25) is 0 Å². The zero-order chi connectivity index (χ0) is 20.4. The number of nitrogens with zero attached hydrogens (tertiary/aromatic N) is 3. The minimum absolute atomic E-state index is 0.000234. The second-order valence-corrected chi connectivity index (χ2v) is 6.43. The summed E-state index contributed by atoms with van der Waals surface area (Å²) in [5.41, 5.74) is 7.48. The van der Waals surface area contributed by atoms with Gasteiger partial charge in [-0.15, -0.1) is 0 Å². The van der Waals surface area contributed by atoms with E-state index in [1.807, 2.05) is 39.0 Å². The molecule has 0 atom stereocenters. The molecule has 3 aromatic rings. The molecule has 28 heavy (non-hydrogen) atoms. The first kappa shape index (κ1) is 18.9. The predicted molar refractivity (Wildman–Crippen MR) is 105 cm³/mol. The SMILES string of the molecule is Cc1ccc(Oc2nc3c(C)cccn3c(=O)c2/C=C(\C#N)C(N)=O)c(C)c1. The lowest BCUT2D eigenvalue weighted by Gasteiger charge is -2.13. The van der Waals surface area contributed by atoms with Crippen LogP contribution in [0.25, 0.3) is 11.7 Å². The molecule has 0 unspecified atom stereocenters. The number of pyridine rings is 1. The molecule has 1 amide bonds. The molecule has 0 spiro atoms. The summed E-state index contributed by atoms with van der Waals surface area (Å²) in [5, 5.41) is 9.17. The molecule has 0 radical (unpaired) electrons. The van der Waals surface area contributed by atoms with Gasteiger partial charge in [-0.1, -0.05) is 23.8 Å². The lowest BCUT2D eigenvalue weighted by molar-refractivity contribution is -0.114. The van der Waals surface area contributed by atoms with Gasteiger partial charge in [0.25, 0.3) is 11.5 Å². The van der Waals surface area contributed by atoms with Crippen LogP contribution in [-0.4, -0.2) is 15.3 Å². The first-order chi connectivity index (χ1) is 13.3. The van der Waals surface area contributed by atoms with Gasteiger partial charge < -0.3 is 10.5 Å². The summed E-state index contributed by atoms with van der Waals surface area (Å²) in [4.78, 5) is 29.0. The molecule has 2 N–H and O–H groups in total. The van der Waals surface area contributed by atoms with Gasteiger partial charge in [0.2, 0.25) is 5.88 Å². The average molecular weight is 374 g/mol. The number of rotatable bonds is 4. The maximum atomic E-state index is 13.0. The summed E-state index contributed by atoms with van der Waals surface area (Å²) in [6.45, 7) is 5.66. The van der Waals surface area contributed by atoms with E-state index in [4.69, 9.17) is 10.5 Å². The van der Waals surface area contributed by atoms with Crippen LogP contribution in [0.4, 0.5) is 0 Å². The lowest BCUT2D eigenvalue weighted by atomic mass is 10.1. The number of primary amides is 1. The summed E-state index contributed by atoms with van der Waals surface area (Å²) in [6, 6.07) is 10.8. The van der Waals surface area contributed by atoms with Crippen molar-refractivity contribution < 1.29 is 9.53 Å². The average Bonchev–Trinajstić information content (AvgIpc) is 2.64. The van der Waals surface area contributed by atoms with Gasteiger partial charge >= 0.3 is 0 Å². The molecule has 1 aromatic carbocycles. The first-order valence-corrected chi connectivity index (χ1v) is 8.50. The molecule has 0 saturated carbocycles. The maximum Gasteiger partial charge on any atom is 0.269 e. The first-order valence-electron chi connectivity index (χ1n) is 8.50. The van der Waals surface area contributed by atoms with Crippen molar-refractivity contribution in [2.24, 2.45) is 5.73 Å². The van der Waals surface area contributed by atoms with Crippen molar-refractivity contribution in [2.45, 2.75) is 20.8 Å². The van der Waals surface area contributed by atoms with Gasteiger partial charge in [0, 0.05) is 6.20 Å². The second kappa shape index (κ2) is 7.37. The lowest BCUT2D eigenvalue weighted by Crippen LogP contribution is -2.20. The fourth-order valence-electron chi connectivity index (χ4n) is 2.81. The number of nitriles is 1. The van der Waals surface area contributed by atoms with Gasteiger partial charge in [-0.05, 0) is 50.1 Å². The number of ether oxygens (including phenoxy) is 1. The van der Waals surface area contributed by atoms with Gasteiger partial charge in [-0.2, -0.15) is 10.2 Å². The van der Waals surface area contributed by atoms with E-state index in [2.05, 4.69) is 4.98 Å². The zero-order valence-corrected chi connectivity index (χ0v) is 15.7. The monoisotopic (exact) mass is 374 g/mol. The summed E-state index contributed by atoms with van der Waals surface area (Å²) in [7, 11) is 0. The Morgan fingerprint density at radius 3 is 2.64 bits per heavy atom. The normalized spacial score (nSPS) is 11.3. The highest BCUT2D eigenvalue weighted by Crippen LogP contribution is 2.27. The molecule has 7 heteroatoms. The van der Waals surface area contributed by atoms with Crippen molar-refractivity contribution in [2.75, 3.05) is 0 Å². The topological polar surface area (TPSA) is 110 Å². The fourth-order valence-corrected chi connectivity index (χ4v) is 2.81. The molecule has 3 rings (SSSR count). The molecule has 140 valence electrons. The smallest absolute Gasteiger partial charge is 0.269 e. The van der Waals surface area contributed by atoms with Gasteiger partial charge in [0.1, 0.15) is 28.6 Å². The number of hydrogen-bond donors (Lipinski definition) is 1. The Morgan fingerprint density at radius 1 is 1.25 bits per heavy atom. The number of aryl methyl sites for hydroxylation is 3. The summed E-state index contributed by atoms with van der Waals surface area (Å²) < 4.78 is 7.27. The third-order valence-electron chi connectivity index (χ3n) is 4.26. The third-order valence-corrected chi connectivity index (χ3v) is 4.26. The van der Waals surface area contributed by atoms with Gasteiger partial charge in [0.15, 0.2) is 0 Å². The standard InChI is InChI=1S/C21H18N4O3/c1-12-6-7-17(14(3)9-12)28-20-16(10-15(11-22)18(23)26)21(27)25-8-4-5-13(2)19(25)24-20/h4-10H,1-3H3,(H2,23,26)/b15-10+. The van der Waals surface area contributed by atoms with E-state index in [1.54, 1.807) is 24.4 Å². The van der Waals surface area contributed by atoms with Crippen molar-refractivity contribution in [3.8, 4) is 17.7 Å². The van der Waals surface area contributed by atoms with E-state index in [0.29, 0.717) is 11.4 Å². The van der Waals surface area contributed by atoms with Crippen LogP contribution in [0, 0.1) is 32.1 Å². The molecular weight excluding hydrogens is 356 g/mol. The van der Waals surface area contributed by atoms with Crippen LogP contribution < -0.4 is 16.0 Å². The number of carbonyl (C=O) groups excluding carboxylic acids is 1. The largest absolute Gasteiger partial charge is 0.438 e. The molecule has 2 aromatic heterocycles. The molecule has 0 bridgehead atoms. The fraction of sp³-hybridized carbons (Fsp3) is 0.143. The van der Waals surface area contributed by atoms with E-state index in [1.165, 1.54) is 4.40 Å². The van der Waals surface area contributed by atoms with Crippen molar-refractivity contribution >= 4 is 17.6 Å². The van der Waals surface area contributed by atoms with Crippen LogP contribution in [0.5, 0.6) is 11.6 Å². The number of aromatic nitrogens is 2. The Bertz CT molecular complexity index is 1230. The number of nitrogens with two attached hydrogens (primary N) is 1. The number of fused-ring (bicyclic) bond motifs is 1. The molecule has 0 fully saturated rings. The van der Waals surface area contributed by atoms with Crippen molar-refractivity contribution in [3.05, 3.63) is 74.7 Å². The Balaban J connectivity index is 2.31. The van der Waals surface area contributed by atoms with Gasteiger partial charge in [0.05, 0.1) is 0 Å². The van der Waals surface area contributed by atoms with Crippen molar-refractivity contribution in [3.63, 3.8) is 0 Å². The molecule has 7 nitrogen and oxygen atoms in total. The minimum atomic E-state index is -0.936. The number of hydrogen-bond acceptors (Lipinski definition) is 5. The maximum absolute atomic E-state index is 13.0. The minimum Gasteiger partial charge on any atom is -0.438 e. The molecular formula is C21H18N4O3. The number of carbonyl (C=O) groups is 1. The number of benzene rings is 1. The molecule has 2 heterocycles. The van der Waals surface area contributed by atoms with Crippen LogP contribution in [0.15, 0.2) is 46.9 Å².